The number of fused-ring (bicyclic) bond motifs is 2. The van der Waals surface area contributed by atoms with Crippen LogP contribution in [0.5, 0.6) is 0 Å². The Morgan fingerprint density at radius 3 is 2.56 bits per heavy atom. The Morgan fingerprint density at radius 1 is 1.06 bits per heavy atom. The first-order chi connectivity index (χ1) is 8.57. The Kier molecular flexibility index (Phi) is 2.64. The van der Waals surface area contributed by atoms with E-state index in [2.05, 4.69) is 6.07 Å². The molecule has 4 heteroatoms. The summed E-state index contributed by atoms with van der Waals surface area (Å²) < 4.78 is 32.9. The molecule has 0 saturated heterocycles. The summed E-state index contributed by atoms with van der Waals surface area (Å²) in [6, 6.07) is 9.38. The van der Waals surface area contributed by atoms with Gasteiger partial charge in [0, 0.05) is 5.39 Å². The van der Waals surface area contributed by atoms with Crippen LogP contribution in [0.1, 0.15) is 24.0 Å². The minimum Gasteiger partial charge on any atom is -0.282 e. The minimum atomic E-state index is -4.17. The second kappa shape index (κ2) is 4.07. The normalized spacial score (nSPS) is 15.6. The molecular weight excluding hydrogens is 248 g/mol. The molecular formula is C14H14O3S. The Hall–Kier alpha value is -1.39. The van der Waals surface area contributed by atoms with E-state index in [4.69, 9.17) is 0 Å². The van der Waals surface area contributed by atoms with Gasteiger partial charge in [-0.2, -0.15) is 8.42 Å². The third-order valence-electron chi connectivity index (χ3n) is 3.58. The van der Waals surface area contributed by atoms with Crippen LogP contribution < -0.4 is 0 Å². The Labute approximate surface area is 106 Å². The molecule has 3 nitrogen and oxygen atoms in total. The highest BCUT2D eigenvalue weighted by atomic mass is 32.2. The molecule has 1 N–H and O–H groups in total. The molecule has 0 aromatic heterocycles. The zero-order valence-corrected chi connectivity index (χ0v) is 10.7. The van der Waals surface area contributed by atoms with Crippen molar-refractivity contribution in [3.8, 4) is 0 Å². The average molecular weight is 262 g/mol. The molecule has 0 heterocycles. The molecule has 3 rings (SSSR count). The molecule has 0 aliphatic heterocycles. The molecule has 0 spiro atoms. The highest BCUT2D eigenvalue weighted by Gasteiger charge is 2.23. The molecule has 0 atom stereocenters. The van der Waals surface area contributed by atoms with E-state index in [9.17, 15) is 13.0 Å². The first-order valence-corrected chi connectivity index (χ1v) is 7.52. The molecule has 2 aromatic carbocycles. The van der Waals surface area contributed by atoms with E-state index in [1.165, 1.54) is 0 Å². The van der Waals surface area contributed by atoms with Gasteiger partial charge in [-0.05, 0) is 42.2 Å². The van der Waals surface area contributed by atoms with Crippen molar-refractivity contribution in [1.29, 1.82) is 0 Å². The van der Waals surface area contributed by atoms with Crippen LogP contribution in [-0.2, 0) is 23.0 Å². The van der Waals surface area contributed by atoms with Crippen LogP contribution in [0.15, 0.2) is 35.2 Å². The van der Waals surface area contributed by atoms with Crippen LogP contribution in [0.3, 0.4) is 0 Å². The van der Waals surface area contributed by atoms with E-state index < -0.39 is 10.1 Å². The SMILES string of the molecule is O=S(=O)(O)c1c2c(cc3ccccc13)CCCC2. The first-order valence-electron chi connectivity index (χ1n) is 6.08. The largest absolute Gasteiger partial charge is 0.295 e. The van der Waals surface area contributed by atoms with Gasteiger partial charge in [0.15, 0.2) is 0 Å². The lowest BCUT2D eigenvalue weighted by atomic mass is 9.89. The lowest BCUT2D eigenvalue weighted by Gasteiger charge is -2.20. The second-order valence-electron chi connectivity index (χ2n) is 4.75. The molecule has 0 unspecified atom stereocenters. The molecule has 1 aliphatic carbocycles. The molecule has 0 bridgehead atoms. The molecule has 0 fully saturated rings. The fourth-order valence-electron chi connectivity index (χ4n) is 2.82. The van der Waals surface area contributed by atoms with Gasteiger partial charge in [0.1, 0.15) is 4.90 Å². The van der Waals surface area contributed by atoms with Crippen molar-refractivity contribution in [2.45, 2.75) is 30.6 Å². The van der Waals surface area contributed by atoms with Gasteiger partial charge in [0.2, 0.25) is 0 Å². The topological polar surface area (TPSA) is 54.4 Å². The van der Waals surface area contributed by atoms with Crippen LogP contribution in [0.2, 0.25) is 0 Å². The van der Waals surface area contributed by atoms with Crippen LogP contribution in [0.4, 0.5) is 0 Å². The van der Waals surface area contributed by atoms with Crippen LogP contribution in [0, 0.1) is 0 Å². The van der Waals surface area contributed by atoms with Gasteiger partial charge in [0.25, 0.3) is 10.1 Å². The van der Waals surface area contributed by atoms with E-state index >= 15 is 0 Å². The van der Waals surface area contributed by atoms with E-state index in [0.717, 1.165) is 42.2 Å². The minimum absolute atomic E-state index is 0.121. The van der Waals surface area contributed by atoms with E-state index in [1.807, 2.05) is 12.1 Å². The van der Waals surface area contributed by atoms with Crippen molar-refractivity contribution in [3.63, 3.8) is 0 Å². The smallest absolute Gasteiger partial charge is 0.282 e. The van der Waals surface area contributed by atoms with Gasteiger partial charge in [-0.1, -0.05) is 30.3 Å². The highest BCUT2D eigenvalue weighted by Crippen LogP contribution is 2.34. The summed E-state index contributed by atoms with van der Waals surface area (Å²) in [5, 5.41) is 1.51. The maximum absolute atomic E-state index is 11.7. The Morgan fingerprint density at radius 2 is 1.78 bits per heavy atom. The number of benzene rings is 2. The molecule has 18 heavy (non-hydrogen) atoms. The van der Waals surface area contributed by atoms with Gasteiger partial charge in [-0.15, -0.1) is 0 Å². The number of rotatable bonds is 1. The first kappa shape index (κ1) is 11.7. The van der Waals surface area contributed by atoms with Crippen molar-refractivity contribution >= 4 is 20.9 Å². The molecule has 0 radical (unpaired) electrons. The fourth-order valence-corrected chi connectivity index (χ4v) is 3.83. The fraction of sp³-hybridized carbons (Fsp3) is 0.286. The van der Waals surface area contributed by atoms with Crippen molar-refractivity contribution in [2.24, 2.45) is 0 Å². The summed E-state index contributed by atoms with van der Waals surface area (Å²) in [4.78, 5) is 0.121. The van der Waals surface area contributed by atoms with Crippen molar-refractivity contribution in [1.82, 2.24) is 0 Å². The molecule has 2 aromatic rings. The van der Waals surface area contributed by atoms with Crippen LogP contribution >= 0.6 is 0 Å². The summed E-state index contributed by atoms with van der Waals surface area (Å²) in [5.74, 6) is 0. The van der Waals surface area contributed by atoms with Gasteiger partial charge >= 0.3 is 0 Å². The summed E-state index contributed by atoms with van der Waals surface area (Å²) in [7, 11) is -4.17. The third kappa shape index (κ3) is 1.82. The Balaban J connectivity index is 2.48. The second-order valence-corrected chi connectivity index (χ2v) is 6.11. The maximum atomic E-state index is 11.7. The van der Waals surface area contributed by atoms with Gasteiger partial charge < -0.3 is 0 Å². The maximum Gasteiger partial charge on any atom is 0.295 e. The quantitative estimate of drug-likeness (QED) is 0.804. The summed E-state index contributed by atoms with van der Waals surface area (Å²) in [6.07, 6.45) is 3.68. The lowest BCUT2D eigenvalue weighted by Crippen LogP contribution is -2.11. The molecule has 0 amide bonds. The van der Waals surface area contributed by atoms with E-state index in [-0.39, 0.29) is 4.90 Å². The monoisotopic (exact) mass is 262 g/mol. The molecule has 1 aliphatic rings. The number of aryl methyl sites for hydroxylation is 1. The summed E-state index contributed by atoms with van der Waals surface area (Å²) >= 11 is 0. The van der Waals surface area contributed by atoms with Crippen LogP contribution in [0.25, 0.3) is 10.8 Å². The van der Waals surface area contributed by atoms with Gasteiger partial charge in [0.05, 0.1) is 0 Å². The van der Waals surface area contributed by atoms with Gasteiger partial charge in [-0.3, -0.25) is 4.55 Å². The molecule has 94 valence electrons. The summed E-state index contributed by atoms with van der Waals surface area (Å²) in [6.45, 7) is 0. The predicted octanol–water partition coefficient (Wildman–Crippen LogP) is 2.97. The van der Waals surface area contributed by atoms with Crippen LogP contribution in [-0.4, -0.2) is 13.0 Å². The van der Waals surface area contributed by atoms with Gasteiger partial charge in [-0.25, -0.2) is 0 Å². The third-order valence-corrected chi connectivity index (χ3v) is 4.56. The average Bonchev–Trinajstić information content (AvgIpc) is 2.34. The molecule has 0 saturated carbocycles. The lowest BCUT2D eigenvalue weighted by molar-refractivity contribution is 0.482. The summed E-state index contributed by atoms with van der Waals surface area (Å²) in [5.41, 5.74) is 1.87. The van der Waals surface area contributed by atoms with Crippen molar-refractivity contribution < 1.29 is 13.0 Å². The number of hydrogen-bond donors (Lipinski definition) is 1. The van der Waals surface area contributed by atoms with E-state index in [0.29, 0.717) is 5.39 Å². The zero-order valence-electron chi connectivity index (χ0n) is 9.89. The standard InChI is InChI=1S/C14H14O3S/c15-18(16,17)14-12-7-3-1-5-10(12)9-11-6-2-4-8-13(11)14/h1,3,5,7,9H,2,4,6,8H2,(H,15,16,17). The van der Waals surface area contributed by atoms with E-state index in [1.54, 1.807) is 12.1 Å². The van der Waals surface area contributed by atoms with Crippen molar-refractivity contribution in [2.75, 3.05) is 0 Å². The Bertz CT molecular complexity index is 717. The number of hydrogen-bond acceptors (Lipinski definition) is 2. The predicted molar refractivity (Wildman–Crippen MR) is 70.4 cm³/mol. The van der Waals surface area contributed by atoms with Crippen molar-refractivity contribution in [3.05, 3.63) is 41.5 Å². The highest BCUT2D eigenvalue weighted by molar-refractivity contribution is 7.86. The zero-order chi connectivity index (χ0) is 12.8.